The first-order chi connectivity index (χ1) is 10.3. The molecule has 0 spiro atoms. The normalized spacial score (nSPS) is 28.9. The van der Waals surface area contributed by atoms with Gasteiger partial charge in [0, 0.05) is 18.6 Å². The van der Waals surface area contributed by atoms with Crippen molar-refractivity contribution in [1.29, 1.82) is 0 Å². The minimum absolute atomic E-state index is 0.770. The Kier molecular flexibility index (Phi) is 3.26. The average molecular weight is 282 g/mol. The number of anilines is 1. The van der Waals surface area contributed by atoms with Crippen molar-refractivity contribution in [3.05, 3.63) is 30.5 Å². The van der Waals surface area contributed by atoms with Gasteiger partial charge in [0.25, 0.3) is 0 Å². The van der Waals surface area contributed by atoms with Crippen molar-refractivity contribution in [2.24, 2.45) is 5.92 Å². The van der Waals surface area contributed by atoms with Crippen LogP contribution in [0.5, 0.6) is 0 Å². The van der Waals surface area contributed by atoms with E-state index in [0.717, 1.165) is 41.4 Å². The zero-order valence-electron chi connectivity index (χ0n) is 12.5. The van der Waals surface area contributed by atoms with Crippen LogP contribution in [0.2, 0.25) is 0 Å². The molecule has 4 rings (SSSR count). The number of nitrogens with zero attached hydrogens (tertiary/aromatic N) is 3. The Hall–Kier alpha value is -1.68. The van der Waals surface area contributed by atoms with Crippen molar-refractivity contribution in [2.45, 2.75) is 37.8 Å². The van der Waals surface area contributed by atoms with Crippen molar-refractivity contribution >= 4 is 16.9 Å². The first-order valence-electron chi connectivity index (χ1n) is 7.97. The maximum atomic E-state index is 4.64. The summed E-state index contributed by atoms with van der Waals surface area (Å²) in [6.07, 6.45) is 7.26. The average Bonchev–Trinajstić information content (AvgIpc) is 2.75. The third kappa shape index (κ3) is 2.48. The molecule has 1 aromatic carbocycles. The molecular weight excluding hydrogens is 260 g/mol. The molecule has 3 heterocycles. The molecule has 21 heavy (non-hydrogen) atoms. The van der Waals surface area contributed by atoms with Gasteiger partial charge in [-0.05, 0) is 50.8 Å². The molecule has 0 aliphatic carbocycles. The van der Waals surface area contributed by atoms with Gasteiger partial charge in [-0.2, -0.15) is 0 Å². The van der Waals surface area contributed by atoms with Gasteiger partial charge in [0.15, 0.2) is 0 Å². The molecule has 2 atom stereocenters. The summed E-state index contributed by atoms with van der Waals surface area (Å²) in [7, 11) is 2.29. The number of hydrogen-bond donors (Lipinski definition) is 1. The molecule has 4 nitrogen and oxygen atoms in total. The van der Waals surface area contributed by atoms with E-state index in [9.17, 15) is 0 Å². The zero-order chi connectivity index (χ0) is 14.2. The Balaban J connectivity index is 1.42. The summed E-state index contributed by atoms with van der Waals surface area (Å²) in [4.78, 5) is 11.7. The lowest BCUT2D eigenvalue weighted by Crippen LogP contribution is -2.41. The van der Waals surface area contributed by atoms with Crippen molar-refractivity contribution in [1.82, 2.24) is 14.9 Å². The fourth-order valence-electron chi connectivity index (χ4n) is 3.98. The quantitative estimate of drug-likeness (QED) is 0.940. The van der Waals surface area contributed by atoms with Crippen LogP contribution < -0.4 is 5.32 Å². The number of nitrogens with one attached hydrogen (secondary N) is 1. The van der Waals surface area contributed by atoms with Crippen molar-refractivity contribution in [2.75, 3.05) is 18.9 Å². The second kappa shape index (κ2) is 5.26. The molecular formula is C17H22N4. The largest absolute Gasteiger partial charge is 0.368 e. The number of benzene rings is 1. The van der Waals surface area contributed by atoms with E-state index in [4.69, 9.17) is 0 Å². The highest BCUT2D eigenvalue weighted by Crippen LogP contribution is 2.37. The van der Waals surface area contributed by atoms with Crippen LogP contribution in [0.1, 0.15) is 25.7 Å². The summed E-state index contributed by atoms with van der Waals surface area (Å²) in [6, 6.07) is 9.63. The fourth-order valence-corrected chi connectivity index (χ4v) is 3.98. The highest BCUT2D eigenvalue weighted by molar-refractivity contribution is 5.75. The molecule has 2 unspecified atom stereocenters. The van der Waals surface area contributed by atoms with Gasteiger partial charge in [0.05, 0.1) is 17.2 Å². The number of hydrogen-bond acceptors (Lipinski definition) is 4. The molecule has 1 aromatic heterocycles. The summed E-state index contributed by atoms with van der Waals surface area (Å²) in [5, 5.41) is 3.50. The first kappa shape index (κ1) is 13.0. The summed E-state index contributed by atoms with van der Waals surface area (Å²) in [6.45, 7) is 1.02. The molecule has 1 N–H and O–H groups in total. The van der Waals surface area contributed by atoms with Crippen LogP contribution >= 0.6 is 0 Å². The maximum Gasteiger partial charge on any atom is 0.145 e. The van der Waals surface area contributed by atoms with Gasteiger partial charge in [0.1, 0.15) is 5.82 Å². The predicted octanol–water partition coefficient (Wildman–Crippen LogP) is 2.91. The number of piperidine rings is 1. The van der Waals surface area contributed by atoms with Crippen LogP contribution in [0.15, 0.2) is 30.5 Å². The monoisotopic (exact) mass is 282 g/mol. The van der Waals surface area contributed by atoms with Crippen LogP contribution in [0.4, 0.5) is 5.82 Å². The number of para-hydroxylation sites is 2. The van der Waals surface area contributed by atoms with E-state index in [2.05, 4.69) is 27.2 Å². The van der Waals surface area contributed by atoms with Crippen LogP contribution in [0, 0.1) is 5.92 Å². The lowest BCUT2D eigenvalue weighted by molar-refractivity contribution is 0.139. The highest BCUT2D eigenvalue weighted by Gasteiger charge is 2.38. The van der Waals surface area contributed by atoms with Crippen LogP contribution in [0.3, 0.4) is 0 Å². The molecule has 2 fully saturated rings. The summed E-state index contributed by atoms with van der Waals surface area (Å²) in [5.74, 6) is 1.67. The summed E-state index contributed by atoms with van der Waals surface area (Å²) in [5.41, 5.74) is 1.92. The van der Waals surface area contributed by atoms with E-state index < -0.39 is 0 Å². The maximum absolute atomic E-state index is 4.64. The van der Waals surface area contributed by atoms with Gasteiger partial charge in [-0.15, -0.1) is 0 Å². The van der Waals surface area contributed by atoms with E-state index in [1.54, 1.807) is 0 Å². The predicted molar refractivity (Wildman–Crippen MR) is 85.3 cm³/mol. The lowest BCUT2D eigenvalue weighted by atomic mass is 9.91. The Labute approximate surface area is 125 Å². The lowest BCUT2D eigenvalue weighted by Gasteiger charge is -2.36. The van der Waals surface area contributed by atoms with Crippen LogP contribution in [-0.2, 0) is 0 Å². The summed E-state index contributed by atoms with van der Waals surface area (Å²) >= 11 is 0. The smallest absolute Gasteiger partial charge is 0.145 e. The molecule has 0 radical (unpaired) electrons. The standard InChI is InChI=1S/C17H22N4/c1-21-13-6-7-14(21)9-12(8-13)10-19-17-11-18-15-4-2-3-5-16(15)20-17/h2-5,11-14H,6-10H2,1H3,(H,19,20). The fraction of sp³-hybridized carbons (Fsp3) is 0.529. The van der Waals surface area contributed by atoms with Crippen LogP contribution in [-0.4, -0.2) is 40.5 Å². The number of aromatic nitrogens is 2. The van der Waals surface area contributed by atoms with Crippen molar-refractivity contribution in [3.8, 4) is 0 Å². The number of fused-ring (bicyclic) bond motifs is 3. The SMILES string of the molecule is CN1C2CCC1CC(CNc1cnc3ccccc3n1)C2. The van der Waals surface area contributed by atoms with E-state index in [1.807, 2.05) is 30.5 Å². The van der Waals surface area contributed by atoms with Crippen molar-refractivity contribution in [3.63, 3.8) is 0 Å². The van der Waals surface area contributed by atoms with E-state index in [0.29, 0.717) is 0 Å². The van der Waals surface area contributed by atoms with Gasteiger partial charge in [0.2, 0.25) is 0 Å². The molecule has 2 aliphatic heterocycles. The zero-order valence-corrected chi connectivity index (χ0v) is 12.5. The highest BCUT2D eigenvalue weighted by atomic mass is 15.2. The van der Waals surface area contributed by atoms with Gasteiger partial charge in [-0.25, -0.2) is 4.98 Å². The van der Waals surface area contributed by atoms with Gasteiger partial charge >= 0.3 is 0 Å². The Morgan fingerprint density at radius 2 is 1.86 bits per heavy atom. The second-order valence-corrected chi connectivity index (χ2v) is 6.51. The van der Waals surface area contributed by atoms with E-state index in [1.165, 1.54) is 25.7 Å². The minimum Gasteiger partial charge on any atom is -0.368 e. The number of rotatable bonds is 3. The molecule has 4 heteroatoms. The van der Waals surface area contributed by atoms with Gasteiger partial charge in [-0.1, -0.05) is 12.1 Å². The van der Waals surface area contributed by atoms with Crippen molar-refractivity contribution < 1.29 is 0 Å². The Morgan fingerprint density at radius 3 is 2.62 bits per heavy atom. The summed E-state index contributed by atoms with van der Waals surface area (Å²) < 4.78 is 0. The Morgan fingerprint density at radius 1 is 1.14 bits per heavy atom. The molecule has 2 bridgehead atoms. The minimum atomic E-state index is 0.770. The molecule has 0 saturated carbocycles. The van der Waals surface area contributed by atoms with Crippen LogP contribution in [0.25, 0.3) is 11.0 Å². The molecule has 2 aromatic rings. The van der Waals surface area contributed by atoms with Gasteiger partial charge in [-0.3, -0.25) is 4.98 Å². The molecule has 2 aliphatic rings. The third-order valence-corrected chi connectivity index (χ3v) is 5.22. The molecule has 0 amide bonds. The topological polar surface area (TPSA) is 41.0 Å². The second-order valence-electron chi connectivity index (χ2n) is 6.51. The van der Waals surface area contributed by atoms with Gasteiger partial charge < -0.3 is 10.2 Å². The third-order valence-electron chi connectivity index (χ3n) is 5.22. The van der Waals surface area contributed by atoms with E-state index in [-0.39, 0.29) is 0 Å². The van der Waals surface area contributed by atoms with E-state index >= 15 is 0 Å². The first-order valence-corrected chi connectivity index (χ1v) is 7.97. The molecule has 2 saturated heterocycles. The molecule has 110 valence electrons. The Bertz CT molecular complexity index is 627.